The second-order valence-electron chi connectivity index (χ2n) is 3.38. The molecular weight excluding hydrogens is 234 g/mol. The van der Waals surface area contributed by atoms with Gasteiger partial charge in [-0.1, -0.05) is 69.5 Å². The van der Waals surface area contributed by atoms with Crippen LogP contribution >= 0.6 is 8.69 Å². The van der Waals surface area contributed by atoms with E-state index in [1.807, 2.05) is 60.7 Å². The first-order valence-corrected chi connectivity index (χ1v) is 7.36. The molecule has 4 heteroatoms. The molecule has 0 aromatic heterocycles. The van der Waals surface area contributed by atoms with E-state index in [0.717, 1.165) is 8.85 Å². The Morgan fingerprint density at radius 3 is 1.62 bits per heavy atom. The van der Waals surface area contributed by atoms with Gasteiger partial charge in [-0.15, -0.1) is 0 Å². The molecular formula is C12H10AlO2P. The van der Waals surface area contributed by atoms with E-state index in [1.165, 1.54) is 0 Å². The highest BCUT2D eigenvalue weighted by atomic mass is 31.1. The van der Waals surface area contributed by atoms with Crippen molar-refractivity contribution in [2.24, 2.45) is 0 Å². The molecule has 0 atom stereocenters. The first-order valence-electron chi connectivity index (χ1n) is 5.00. The summed E-state index contributed by atoms with van der Waals surface area (Å²) in [5.74, 6) is 0. The molecule has 16 heavy (non-hydrogen) atoms. The van der Waals surface area contributed by atoms with Crippen LogP contribution in [0.2, 0.25) is 0 Å². The van der Waals surface area contributed by atoms with E-state index >= 15 is 0 Å². The van der Waals surface area contributed by atoms with Gasteiger partial charge in [0.25, 0.3) is 8.69 Å². The SMILES string of the molecule is O=P[O][Al]([c]1ccccc1)[c]1ccccc1. The lowest BCUT2D eigenvalue weighted by Gasteiger charge is -2.07. The molecule has 0 aliphatic rings. The van der Waals surface area contributed by atoms with E-state index in [2.05, 4.69) is 0 Å². The monoisotopic (exact) mass is 244 g/mol. The molecule has 0 heterocycles. The maximum absolute atomic E-state index is 10.7. The third-order valence-electron chi connectivity index (χ3n) is 2.35. The molecule has 0 saturated carbocycles. The molecule has 0 fully saturated rings. The third-order valence-corrected chi connectivity index (χ3v) is 5.52. The fraction of sp³-hybridized carbons (Fsp3) is 0. The third kappa shape index (κ3) is 2.78. The van der Waals surface area contributed by atoms with Gasteiger partial charge in [0, 0.05) is 0 Å². The first-order chi connectivity index (χ1) is 7.92. The number of hydrogen-bond acceptors (Lipinski definition) is 2. The Balaban J connectivity index is 2.35. The largest absolute Gasteiger partial charge is 0.555 e. The van der Waals surface area contributed by atoms with Gasteiger partial charge in [-0.25, -0.2) is 4.57 Å². The van der Waals surface area contributed by atoms with Crippen molar-refractivity contribution < 1.29 is 8.14 Å². The molecule has 2 aromatic rings. The molecule has 0 spiro atoms. The van der Waals surface area contributed by atoms with Crippen LogP contribution in [0.25, 0.3) is 0 Å². The lowest BCUT2D eigenvalue weighted by Crippen LogP contribution is -2.42. The molecule has 0 radical (unpaired) electrons. The fourth-order valence-corrected chi connectivity index (χ4v) is 4.46. The molecule has 0 bridgehead atoms. The molecule has 0 amide bonds. The van der Waals surface area contributed by atoms with Gasteiger partial charge in [-0.3, -0.25) is 0 Å². The van der Waals surface area contributed by atoms with Crippen molar-refractivity contribution >= 4 is 32.0 Å². The minimum absolute atomic E-state index is 0.244. The lowest BCUT2D eigenvalue weighted by molar-refractivity contribution is 0.538. The van der Waals surface area contributed by atoms with Crippen molar-refractivity contribution in [1.29, 1.82) is 0 Å². The van der Waals surface area contributed by atoms with Crippen molar-refractivity contribution in [3.8, 4) is 0 Å². The molecule has 0 aliphatic carbocycles. The molecule has 0 N–H and O–H groups in total. The van der Waals surface area contributed by atoms with Crippen molar-refractivity contribution in [3.63, 3.8) is 0 Å². The second-order valence-corrected chi connectivity index (χ2v) is 6.47. The summed E-state index contributed by atoms with van der Waals surface area (Å²) in [5, 5.41) is 0. The molecule has 0 saturated heterocycles. The lowest BCUT2D eigenvalue weighted by atomic mass is 10.4. The van der Waals surface area contributed by atoms with Crippen molar-refractivity contribution in [2.45, 2.75) is 0 Å². The molecule has 2 rings (SSSR count). The van der Waals surface area contributed by atoms with Gasteiger partial charge in [-0.2, -0.15) is 0 Å². The Morgan fingerprint density at radius 2 is 1.25 bits per heavy atom. The van der Waals surface area contributed by atoms with Crippen LogP contribution in [0.3, 0.4) is 0 Å². The number of rotatable bonds is 4. The van der Waals surface area contributed by atoms with E-state index < -0.39 is 14.5 Å². The Labute approximate surface area is 101 Å². The molecule has 78 valence electrons. The number of hydrogen-bond donors (Lipinski definition) is 0. The van der Waals surface area contributed by atoms with Gasteiger partial charge in [0.1, 0.15) is 0 Å². The van der Waals surface area contributed by atoms with E-state index in [9.17, 15) is 4.57 Å². The predicted octanol–water partition coefficient (Wildman–Crippen LogP) is 2.02. The van der Waals surface area contributed by atoms with Crippen LogP contribution in [-0.2, 0) is 8.14 Å². The summed E-state index contributed by atoms with van der Waals surface area (Å²) in [6, 6.07) is 19.9. The average molecular weight is 244 g/mol. The summed E-state index contributed by atoms with van der Waals surface area (Å²) in [4.78, 5) is 0. The van der Waals surface area contributed by atoms with Crippen LogP contribution in [0, 0.1) is 0 Å². The molecule has 2 aromatic carbocycles. The second kappa shape index (κ2) is 5.94. The zero-order valence-corrected chi connectivity index (χ0v) is 10.7. The van der Waals surface area contributed by atoms with E-state index in [-0.39, 0.29) is 8.69 Å². The van der Waals surface area contributed by atoms with E-state index in [0.29, 0.717) is 0 Å². The maximum Gasteiger partial charge on any atom is 0.555 e. The van der Waals surface area contributed by atoms with Crippen LogP contribution < -0.4 is 8.85 Å². The summed E-state index contributed by atoms with van der Waals surface area (Å²) < 4.78 is 18.3. The Bertz CT molecular complexity index is 408. The summed E-state index contributed by atoms with van der Waals surface area (Å²) in [6.45, 7) is 0. The smallest absolute Gasteiger partial charge is 0.410 e. The Hall–Kier alpha value is -0.968. The van der Waals surface area contributed by atoms with Gasteiger partial charge >= 0.3 is 14.5 Å². The fourth-order valence-electron chi connectivity index (χ4n) is 1.61. The van der Waals surface area contributed by atoms with Crippen molar-refractivity contribution in [1.82, 2.24) is 0 Å². The predicted molar refractivity (Wildman–Crippen MR) is 66.6 cm³/mol. The summed E-state index contributed by atoms with van der Waals surface area (Å²) in [6.07, 6.45) is 0. The zero-order chi connectivity index (χ0) is 11.2. The normalized spacial score (nSPS) is 10.2. The van der Waals surface area contributed by atoms with Crippen molar-refractivity contribution in [3.05, 3.63) is 60.7 Å². The summed E-state index contributed by atoms with van der Waals surface area (Å²) >= 11 is -1.78. The van der Waals surface area contributed by atoms with E-state index in [4.69, 9.17) is 3.58 Å². The van der Waals surface area contributed by atoms with Gasteiger partial charge in [0.15, 0.2) is 0 Å². The molecule has 0 unspecified atom stereocenters. The Kier molecular flexibility index (Phi) is 4.27. The minimum Gasteiger partial charge on any atom is -0.410 e. The van der Waals surface area contributed by atoms with Crippen LogP contribution in [-0.4, -0.2) is 14.5 Å². The zero-order valence-electron chi connectivity index (χ0n) is 8.61. The maximum atomic E-state index is 10.7. The Morgan fingerprint density at radius 1 is 0.812 bits per heavy atom. The highest BCUT2D eigenvalue weighted by Gasteiger charge is 2.26. The minimum atomic E-state index is -1.78. The van der Waals surface area contributed by atoms with Gasteiger partial charge in [0.2, 0.25) is 0 Å². The van der Waals surface area contributed by atoms with Crippen LogP contribution in [0.5, 0.6) is 0 Å². The highest BCUT2D eigenvalue weighted by Crippen LogP contribution is 2.01. The molecule has 0 aliphatic heterocycles. The average Bonchev–Trinajstić information content (AvgIpc) is 2.38. The quantitative estimate of drug-likeness (QED) is 0.607. The van der Waals surface area contributed by atoms with E-state index in [1.54, 1.807) is 0 Å². The van der Waals surface area contributed by atoms with Crippen LogP contribution in [0.4, 0.5) is 0 Å². The van der Waals surface area contributed by atoms with Gasteiger partial charge in [-0.05, 0) is 0 Å². The first kappa shape index (κ1) is 11.5. The standard InChI is InChI=1S/2C6H5.Al.HO2P/c2*1-2-4-6-5-3-1;;1-3-2/h2*1-5H;;(H,1,2)/q;;+1;/p-1. The highest BCUT2D eigenvalue weighted by molar-refractivity contribution is 7.21. The topological polar surface area (TPSA) is 26.3 Å². The summed E-state index contributed by atoms with van der Waals surface area (Å²) in [5.41, 5.74) is 0. The van der Waals surface area contributed by atoms with Crippen LogP contribution in [0.15, 0.2) is 60.7 Å². The number of benzene rings is 2. The molecule has 2 nitrogen and oxygen atoms in total. The van der Waals surface area contributed by atoms with Gasteiger partial charge in [0.05, 0.1) is 0 Å². The van der Waals surface area contributed by atoms with Crippen molar-refractivity contribution in [2.75, 3.05) is 0 Å². The van der Waals surface area contributed by atoms with Crippen LogP contribution in [0.1, 0.15) is 0 Å². The summed E-state index contributed by atoms with van der Waals surface area (Å²) in [7, 11) is -0.244. The van der Waals surface area contributed by atoms with Gasteiger partial charge < -0.3 is 3.58 Å².